The Morgan fingerprint density at radius 3 is 2.62 bits per heavy atom. The third-order valence-corrected chi connectivity index (χ3v) is 6.22. The maximum absolute atomic E-state index is 13.1. The summed E-state index contributed by atoms with van der Waals surface area (Å²) in [5, 5.41) is 3.09. The number of imidazole rings is 1. The average Bonchev–Trinajstić information content (AvgIpc) is 3.27. The third-order valence-electron chi connectivity index (χ3n) is 6.22. The molecule has 2 amide bonds. The van der Waals surface area contributed by atoms with E-state index in [1.165, 1.54) is 7.11 Å². The first-order chi connectivity index (χ1) is 16.3. The van der Waals surface area contributed by atoms with E-state index in [4.69, 9.17) is 14.5 Å². The van der Waals surface area contributed by atoms with E-state index in [1.807, 2.05) is 26.0 Å². The highest BCUT2D eigenvalue weighted by Gasteiger charge is 2.28. The number of ether oxygens (including phenoxy) is 2. The summed E-state index contributed by atoms with van der Waals surface area (Å²) in [5.41, 5.74) is 2.06. The molecular formula is C25H36N4O5. The molecule has 186 valence electrons. The predicted molar refractivity (Wildman–Crippen MR) is 128 cm³/mol. The lowest BCUT2D eigenvalue weighted by Crippen LogP contribution is -2.40. The van der Waals surface area contributed by atoms with E-state index in [0.717, 1.165) is 23.9 Å². The molecule has 0 spiro atoms. The van der Waals surface area contributed by atoms with Gasteiger partial charge in [0.1, 0.15) is 5.82 Å². The number of nitrogens with zero attached hydrogens (tertiary/aromatic N) is 2. The van der Waals surface area contributed by atoms with Gasteiger partial charge in [0, 0.05) is 24.6 Å². The number of unbranched alkanes of at least 4 members (excludes halogenated alkanes) is 1. The highest BCUT2D eigenvalue weighted by Crippen LogP contribution is 2.25. The lowest BCUT2D eigenvalue weighted by atomic mass is 9.95. The van der Waals surface area contributed by atoms with Gasteiger partial charge in [-0.1, -0.05) is 33.6 Å². The van der Waals surface area contributed by atoms with Gasteiger partial charge in [0.2, 0.25) is 5.91 Å². The fourth-order valence-corrected chi connectivity index (χ4v) is 4.14. The van der Waals surface area contributed by atoms with Crippen molar-refractivity contribution in [3.8, 4) is 0 Å². The number of carbonyl (C=O) groups is 3. The first kappa shape index (κ1) is 25.7. The molecule has 2 atom stereocenters. The third kappa shape index (κ3) is 6.34. The van der Waals surface area contributed by atoms with Gasteiger partial charge in [0.15, 0.2) is 0 Å². The number of carbonyl (C=O) groups excluding carboxylic acids is 3. The standard InChI is InChI=1S/C25H36N4O5/c1-5-6-7-17(15-21(30)33-4)24(31)28-22(16(2)3)23-26-19-9-8-18(14-20(19)27-23)25(32)29-10-12-34-13-11-29/h8-9,14,16-17,22H,5-7,10-13,15H2,1-4H3,(H,26,27)(H,28,31)/t17-,22+/m1/s1. The van der Waals surface area contributed by atoms with Crippen LogP contribution in [0.25, 0.3) is 11.0 Å². The average molecular weight is 473 g/mol. The van der Waals surface area contributed by atoms with Gasteiger partial charge in [-0.05, 0) is 30.5 Å². The largest absolute Gasteiger partial charge is 0.469 e. The lowest BCUT2D eigenvalue weighted by Gasteiger charge is -2.26. The van der Waals surface area contributed by atoms with Crippen molar-refractivity contribution in [2.24, 2.45) is 11.8 Å². The summed E-state index contributed by atoms with van der Waals surface area (Å²) in [4.78, 5) is 47.6. The molecule has 0 aliphatic carbocycles. The van der Waals surface area contributed by atoms with E-state index < -0.39 is 11.9 Å². The number of rotatable bonds is 10. The van der Waals surface area contributed by atoms with Crippen molar-refractivity contribution in [1.29, 1.82) is 0 Å². The zero-order chi connectivity index (χ0) is 24.7. The second-order valence-corrected chi connectivity index (χ2v) is 9.11. The van der Waals surface area contributed by atoms with Crippen molar-refractivity contribution in [3.05, 3.63) is 29.6 Å². The van der Waals surface area contributed by atoms with E-state index in [9.17, 15) is 14.4 Å². The Hall–Kier alpha value is -2.94. The minimum Gasteiger partial charge on any atom is -0.469 e. The number of nitrogens with one attached hydrogen (secondary N) is 2. The van der Waals surface area contributed by atoms with Gasteiger partial charge in [0.05, 0.1) is 43.8 Å². The fourth-order valence-electron chi connectivity index (χ4n) is 4.14. The molecule has 34 heavy (non-hydrogen) atoms. The number of hydrogen-bond donors (Lipinski definition) is 2. The van der Waals surface area contributed by atoms with Crippen LogP contribution in [0.5, 0.6) is 0 Å². The number of H-pyrrole nitrogens is 1. The lowest BCUT2D eigenvalue weighted by molar-refractivity contribution is -0.144. The SMILES string of the molecule is CCCC[C@H](CC(=O)OC)C(=O)N[C@H](c1nc2ccc(C(=O)N3CCOCC3)cc2[nH]1)C(C)C. The minimum atomic E-state index is -0.448. The molecule has 0 radical (unpaired) electrons. The predicted octanol–water partition coefficient (Wildman–Crippen LogP) is 3.22. The zero-order valence-electron chi connectivity index (χ0n) is 20.6. The molecular weight excluding hydrogens is 436 g/mol. The molecule has 1 aromatic carbocycles. The van der Waals surface area contributed by atoms with Crippen molar-refractivity contribution in [2.75, 3.05) is 33.4 Å². The van der Waals surface area contributed by atoms with E-state index >= 15 is 0 Å². The second-order valence-electron chi connectivity index (χ2n) is 9.11. The topological polar surface area (TPSA) is 114 Å². The molecule has 3 rings (SSSR count). The molecule has 2 N–H and O–H groups in total. The first-order valence-electron chi connectivity index (χ1n) is 12.1. The minimum absolute atomic E-state index is 0.0309. The molecule has 2 aromatic rings. The van der Waals surface area contributed by atoms with Crippen LogP contribution in [0, 0.1) is 11.8 Å². The number of aromatic nitrogens is 2. The highest BCUT2D eigenvalue weighted by atomic mass is 16.5. The van der Waals surface area contributed by atoms with Gasteiger partial charge in [-0.2, -0.15) is 0 Å². The van der Waals surface area contributed by atoms with Crippen LogP contribution >= 0.6 is 0 Å². The summed E-state index contributed by atoms with van der Waals surface area (Å²) < 4.78 is 10.1. The van der Waals surface area contributed by atoms with Gasteiger partial charge in [-0.25, -0.2) is 4.98 Å². The van der Waals surface area contributed by atoms with Crippen LogP contribution in [0.1, 0.15) is 68.7 Å². The van der Waals surface area contributed by atoms with Crippen LogP contribution in [-0.4, -0.2) is 66.1 Å². The van der Waals surface area contributed by atoms with Crippen molar-refractivity contribution in [1.82, 2.24) is 20.2 Å². The molecule has 1 aliphatic heterocycles. The van der Waals surface area contributed by atoms with Crippen LogP contribution in [0.4, 0.5) is 0 Å². The van der Waals surface area contributed by atoms with Gasteiger partial charge in [0.25, 0.3) is 5.91 Å². The van der Waals surface area contributed by atoms with Crippen molar-refractivity contribution < 1.29 is 23.9 Å². The molecule has 1 fully saturated rings. The van der Waals surface area contributed by atoms with E-state index in [-0.39, 0.29) is 30.2 Å². The van der Waals surface area contributed by atoms with Crippen molar-refractivity contribution >= 4 is 28.8 Å². The van der Waals surface area contributed by atoms with Crippen molar-refractivity contribution in [3.63, 3.8) is 0 Å². The summed E-state index contributed by atoms with van der Waals surface area (Å²) in [5.74, 6) is -0.363. The molecule has 1 saturated heterocycles. The number of benzene rings is 1. The number of fused-ring (bicyclic) bond motifs is 1. The summed E-state index contributed by atoms with van der Waals surface area (Å²) >= 11 is 0. The summed E-state index contributed by atoms with van der Waals surface area (Å²) in [6.07, 6.45) is 2.47. The molecule has 0 unspecified atom stereocenters. The molecule has 0 saturated carbocycles. The molecule has 1 aromatic heterocycles. The van der Waals surface area contributed by atoms with Gasteiger partial charge in [-0.15, -0.1) is 0 Å². The molecule has 1 aliphatic rings. The summed E-state index contributed by atoms with van der Waals surface area (Å²) in [6, 6.07) is 5.05. The maximum atomic E-state index is 13.1. The van der Waals surface area contributed by atoms with E-state index in [0.29, 0.717) is 44.1 Å². The molecule has 9 nitrogen and oxygen atoms in total. The number of amides is 2. The number of methoxy groups -OCH3 is 1. The highest BCUT2D eigenvalue weighted by molar-refractivity contribution is 5.97. The van der Waals surface area contributed by atoms with Crippen LogP contribution in [0.2, 0.25) is 0 Å². The Morgan fingerprint density at radius 1 is 1.24 bits per heavy atom. The van der Waals surface area contributed by atoms with Crippen LogP contribution in [0.15, 0.2) is 18.2 Å². The van der Waals surface area contributed by atoms with E-state index in [1.54, 1.807) is 11.0 Å². The zero-order valence-corrected chi connectivity index (χ0v) is 20.6. The van der Waals surface area contributed by atoms with E-state index in [2.05, 4.69) is 17.2 Å². The Balaban J connectivity index is 1.79. The number of morpholine rings is 1. The molecule has 9 heteroatoms. The van der Waals surface area contributed by atoms with Gasteiger partial charge in [-0.3, -0.25) is 14.4 Å². The Labute approximate surface area is 200 Å². The Kier molecular flexibility index (Phi) is 9.04. The number of hydrogen-bond acceptors (Lipinski definition) is 6. The number of esters is 1. The van der Waals surface area contributed by atoms with Crippen LogP contribution < -0.4 is 5.32 Å². The fraction of sp³-hybridized carbons (Fsp3) is 0.600. The Bertz CT molecular complexity index is 996. The monoisotopic (exact) mass is 472 g/mol. The molecule has 0 bridgehead atoms. The number of aromatic amines is 1. The molecule has 2 heterocycles. The second kappa shape index (κ2) is 12.0. The quantitative estimate of drug-likeness (QED) is 0.513. The van der Waals surface area contributed by atoms with Crippen LogP contribution in [0.3, 0.4) is 0 Å². The van der Waals surface area contributed by atoms with Crippen LogP contribution in [-0.2, 0) is 19.1 Å². The summed E-state index contributed by atoms with van der Waals surface area (Å²) in [6.45, 7) is 8.32. The smallest absolute Gasteiger partial charge is 0.306 e. The first-order valence-corrected chi connectivity index (χ1v) is 12.1. The van der Waals surface area contributed by atoms with Gasteiger partial charge < -0.3 is 24.7 Å². The van der Waals surface area contributed by atoms with Gasteiger partial charge >= 0.3 is 5.97 Å². The summed E-state index contributed by atoms with van der Waals surface area (Å²) in [7, 11) is 1.33. The maximum Gasteiger partial charge on any atom is 0.306 e. The Morgan fingerprint density at radius 2 is 1.97 bits per heavy atom. The van der Waals surface area contributed by atoms with Crippen molar-refractivity contribution in [2.45, 2.75) is 52.5 Å². The normalized spacial score (nSPS) is 15.9.